The van der Waals surface area contributed by atoms with Crippen molar-refractivity contribution in [1.29, 1.82) is 0 Å². The molecule has 0 spiro atoms. The van der Waals surface area contributed by atoms with Crippen LogP contribution < -0.4 is 15.4 Å². The van der Waals surface area contributed by atoms with Gasteiger partial charge in [0.05, 0.1) is 20.7 Å². The van der Waals surface area contributed by atoms with E-state index in [4.69, 9.17) is 0 Å². The number of hydrogen-bond acceptors (Lipinski definition) is 8. The van der Waals surface area contributed by atoms with Crippen molar-refractivity contribution in [3.8, 4) is 0 Å². The third-order valence-electron chi connectivity index (χ3n) is 5.64. The lowest BCUT2D eigenvalue weighted by Gasteiger charge is -2.28. The molecule has 0 radical (unpaired) electrons. The molecule has 0 saturated carbocycles. The highest BCUT2D eigenvalue weighted by atomic mass is 32.2. The fraction of sp³-hybridized carbons (Fsp3) is 0.208. The summed E-state index contributed by atoms with van der Waals surface area (Å²) in [4.78, 5) is 23.6. The van der Waals surface area contributed by atoms with E-state index in [2.05, 4.69) is 25.3 Å². The number of aryl methyl sites for hydroxylation is 1. The first-order valence-corrected chi connectivity index (χ1v) is 13.4. The highest BCUT2D eigenvalue weighted by Gasteiger charge is 2.22. The van der Waals surface area contributed by atoms with Crippen molar-refractivity contribution in [2.45, 2.75) is 11.8 Å². The Morgan fingerprint density at radius 1 is 1.09 bits per heavy atom. The predicted octanol–water partition coefficient (Wildman–Crippen LogP) is 3.59. The summed E-state index contributed by atoms with van der Waals surface area (Å²) >= 11 is 1.29. The maximum absolute atomic E-state index is 13.0. The van der Waals surface area contributed by atoms with E-state index >= 15 is 0 Å². The molecular formula is C24H24N6O3S2. The molecule has 11 heteroatoms. The van der Waals surface area contributed by atoms with Crippen molar-refractivity contribution in [3.63, 3.8) is 0 Å². The van der Waals surface area contributed by atoms with E-state index in [0.717, 1.165) is 28.9 Å². The smallest absolute Gasteiger partial charge is 0.263 e. The quantitative estimate of drug-likeness (QED) is 0.364. The lowest BCUT2D eigenvalue weighted by Crippen LogP contribution is -2.46. The number of anilines is 3. The Balaban J connectivity index is 1.32. The second-order valence-electron chi connectivity index (χ2n) is 8.19. The molecule has 3 N–H and O–H groups in total. The van der Waals surface area contributed by atoms with Crippen LogP contribution in [-0.4, -0.2) is 55.4 Å². The van der Waals surface area contributed by atoms with E-state index in [1.54, 1.807) is 35.4 Å². The molecule has 0 atom stereocenters. The van der Waals surface area contributed by atoms with E-state index in [0.29, 0.717) is 35.3 Å². The maximum Gasteiger partial charge on any atom is 0.263 e. The standard InChI is InChI=1S/C24H24N6O3S2/c1-16-4-9-20-21(15-16)34-24(28-20)29-35(32,33)18-7-5-17(6-8-18)27-22-19(3-2-10-26-22)23(31)30-13-11-25-12-14-30/h2-10,15,25H,11-14H2,1H3,(H,26,27)(H,28,29). The minimum Gasteiger partial charge on any atom is -0.340 e. The normalized spacial score (nSPS) is 14.1. The van der Waals surface area contributed by atoms with Crippen LogP contribution in [0.4, 0.5) is 16.6 Å². The fourth-order valence-electron chi connectivity index (χ4n) is 3.82. The molecule has 0 unspecified atom stereocenters. The third kappa shape index (κ3) is 5.11. The highest BCUT2D eigenvalue weighted by molar-refractivity contribution is 7.93. The largest absolute Gasteiger partial charge is 0.340 e. The number of carbonyl (C=O) groups excluding carboxylic acids is 1. The molecular weight excluding hydrogens is 484 g/mol. The Morgan fingerprint density at radius 2 is 1.86 bits per heavy atom. The number of rotatable bonds is 6. The first-order chi connectivity index (χ1) is 16.9. The number of thiazole rings is 1. The van der Waals surface area contributed by atoms with Crippen molar-refractivity contribution < 1.29 is 13.2 Å². The first-order valence-electron chi connectivity index (χ1n) is 11.1. The SMILES string of the molecule is Cc1ccc2nc(NS(=O)(=O)c3ccc(Nc4ncccc4C(=O)N4CCNCC4)cc3)sc2c1. The zero-order valence-electron chi connectivity index (χ0n) is 19.0. The number of aromatic nitrogens is 2. The number of benzene rings is 2. The van der Waals surface area contributed by atoms with Crippen LogP contribution in [0.25, 0.3) is 10.2 Å². The maximum atomic E-state index is 13.0. The molecule has 0 aliphatic carbocycles. The van der Waals surface area contributed by atoms with Gasteiger partial charge in [-0.25, -0.2) is 18.4 Å². The van der Waals surface area contributed by atoms with Crippen LogP contribution in [0, 0.1) is 6.92 Å². The van der Waals surface area contributed by atoms with Crippen molar-refractivity contribution in [1.82, 2.24) is 20.2 Å². The molecule has 0 bridgehead atoms. The number of hydrogen-bond donors (Lipinski definition) is 3. The van der Waals surface area contributed by atoms with E-state index in [1.807, 2.05) is 25.1 Å². The van der Waals surface area contributed by atoms with Crippen molar-refractivity contribution in [2.75, 3.05) is 36.2 Å². The second kappa shape index (κ2) is 9.61. The number of carbonyl (C=O) groups is 1. The molecule has 1 aliphatic rings. The van der Waals surface area contributed by atoms with E-state index in [9.17, 15) is 13.2 Å². The van der Waals surface area contributed by atoms with Gasteiger partial charge in [0.25, 0.3) is 15.9 Å². The van der Waals surface area contributed by atoms with Gasteiger partial charge in [-0.2, -0.15) is 0 Å². The van der Waals surface area contributed by atoms with Gasteiger partial charge in [-0.05, 0) is 61.0 Å². The summed E-state index contributed by atoms with van der Waals surface area (Å²) < 4.78 is 29.3. The molecule has 1 amide bonds. The summed E-state index contributed by atoms with van der Waals surface area (Å²) in [6.45, 7) is 4.78. The van der Waals surface area contributed by atoms with Crippen molar-refractivity contribution in [2.24, 2.45) is 0 Å². The van der Waals surface area contributed by atoms with Gasteiger partial charge in [0, 0.05) is 38.1 Å². The third-order valence-corrected chi connectivity index (χ3v) is 8.05. The van der Waals surface area contributed by atoms with Crippen LogP contribution in [0.1, 0.15) is 15.9 Å². The molecule has 3 heterocycles. The molecule has 1 aliphatic heterocycles. The minimum absolute atomic E-state index is 0.0865. The molecule has 2 aromatic heterocycles. The number of pyridine rings is 1. The Labute approximate surface area is 207 Å². The van der Waals surface area contributed by atoms with E-state index in [-0.39, 0.29) is 10.8 Å². The Kier molecular flexibility index (Phi) is 6.37. The number of fused-ring (bicyclic) bond motifs is 1. The van der Waals surface area contributed by atoms with Crippen LogP contribution >= 0.6 is 11.3 Å². The second-order valence-corrected chi connectivity index (χ2v) is 10.9. The van der Waals surface area contributed by atoms with Crippen molar-refractivity contribution in [3.05, 3.63) is 71.9 Å². The number of nitrogens with zero attached hydrogens (tertiary/aromatic N) is 3. The monoisotopic (exact) mass is 508 g/mol. The average molecular weight is 509 g/mol. The van der Waals surface area contributed by atoms with Gasteiger partial charge in [0.1, 0.15) is 5.82 Å². The number of sulfonamides is 1. The number of piperazine rings is 1. The summed E-state index contributed by atoms with van der Waals surface area (Å²) in [5.41, 5.74) is 2.93. The highest BCUT2D eigenvalue weighted by Crippen LogP contribution is 2.29. The average Bonchev–Trinajstić information content (AvgIpc) is 3.25. The molecule has 2 aromatic carbocycles. The minimum atomic E-state index is -3.81. The van der Waals surface area contributed by atoms with Gasteiger partial charge in [0.2, 0.25) is 0 Å². The first kappa shape index (κ1) is 23.2. The lowest BCUT2D eigenvalue weighted by atomic mass is 10.2. The summed E-state index contributed by atoms with van der Waals surface area (Å²) in [6.07, 6.45) is 1.61. The number of amides is 1. The van der Waals surface area contributed by atoms with Crippen LogP contribution in [0.15, 0.2) is 65.7 Å². The Hall–Kier alpha value is -3.54. The van der Waals surface area contributed by atoms with E-state index < -0.39 is 10.0 Å². The fourth-order valence-corrected chi connectivity index (χ4v) is 6.02. The molecule has 9 nitrogen and oxygen atoms in total. The topological polar surface area (TPSA) is 116 Å². The van der Waals surface area contributed by atoms with Gasteiger partial charge in [-0.3, -0.25) is 9.52 Å². The number of nitrogens with one attached hydrogen (secondary N) is 3. The zero-order chi connectivity index (χ0) is 24.4. The molecule has 4 aromatic rings. The Morgan fingerprint density at radius 3 is 2.63 bits per heavy atom. The summed E-state index contributed by atoms with van der Waals surface area (Å²) in [6, 6.07) is 15.5. The predicted molar refractivity (Wildman–Crippen MR) is 138 cm³/mol. The van der Waals surface area contributed by atoms with Crippen LogP contribution in [-0.2, 0) is 10.0 Å². The molecule has 1 saturated heterocycles. The summed E-state index contributed by atoms with van der Waals surface area (Å²) in [5, 5.41) is 6.70. The van der Waals surface area contributed by atoms with Gasteiger partial charge in [-0.15, -0.1) is 0 Å². The Bertz CT molecular complexity index is 1480. The van der Waals surface area contributed by atoms with Gasteiger partial charge < -0.3 is 15.5 Å². The molecule has 35 heavy (non-hydrogen) atoms. The zero-order valence-corrected chi connectivity index (χ0v) is 20.6. The van der Waals surface area contributed by atoms with Crippen LogP contribution in [0.3, 0.4) is 0 Å². The van der Waals surface area contributed by atoms with Gasteiger partial charge in [0.15, 0.2) is 5.13 Å². The van der Waals surface area contributed by atoms with Crippen LogP contribution in [0.2, 0.25) is 0 Å². The molecule has 1 fully saturated rings. The van der Waals surface area contributed by atoms with Gasteiger partial charge >= 0.3 is 0 Å². The molecule has 5 rings (SSSR count). The lowest BCUT2D eigenvalue weighted by molar-refractivity contribution is 0.0736. The summed E-state index contributed by atoms with van der Waals surface area (Å²) in [5.74, 6) is 0.339. The van der Waals surface area contributed by atoms with E-state index in [1.165, 1.54) is 23.5 Å². The van der Waals surface area contributed by atoms with Crippen molar-refractivity contribution >= 4 is 54.1 Å². The van der Waals surface area contributed by atoms with Gasteiger partial charge in [-0.1, -0.05) is 17.4 Å². The van der Waals surface area contributed by atoms with Crippen LogP contribution in [0.5, 0.6) is 0 Å². The molecule has 180 valence electrons. The summed E-state index contributed by atoms with van der Waals surface area (Å²) in [7, 11) is -3.81.